The Hall–Kier alpha value is -1.02. The number of hydrogen-bond acceptors (Lipinski definition) is 2. The van der Waals surface area contributed by atoms with E-state index in [1.54, 1.807) is 0 Å². The van der Waals surface area contributed by atoms with Crippen molar-refractivity contribution in [3.05, 3.63) is 29.3 Å². The SMILES string of the molecule is CC1CN(C(C)C)c2ccc(CCO)cc21. The maximum absolute atomic E-state index is 8.96. The summed E-state index contributed by atoms with van der Waals surface area (Å²) in [6, 6.07) is 7.18. The summed E-state index contributed by atoms with van der Waals surface area (Å²) >= 11 is 0. The quantitative estimate of drug-likeness (QED) is 0.844. The van der Waals surface area contributed by atoms with E-state index in [9.17, 15) is 0 Å². The molecule has 1 unspecified atom stereocenters. The van der Waals surface area contributed by atoms with E-state index in [0.717, 1.165) is 13.0 Å². The summed E-state index contributed by atoms with van der Waals surface area (Å²) in [4.78, 5) is 2.46. The van der Waals surface area contributed by atoms with Crippen molar-refractivity contribution in [3.63, 3.8) is 0 Å². The molecule has 1 aliphatic heterocycles. The van der Waals surface area contributed by atoms with Gasteiger partial charge in [-0.3, -0.25) is 0 Å². The molecule has 0 amide bonds. The van der Waals surface area contributed by atoms with Gasteiger partial charge >= 0.3 is 0 Å². The molecule has 2 nitrogen and oxygen atoms in total. The molecule has 1 heterocycles. The van der Waals surface area contributed by atoms with Gasteiger partial charge in [0.2, 0.25) is 0 Å². The Morgan fingerprint density at radius 3 is 2.81 bits per heavy atom. The molecule has 1 atom stereocenters. The zero-order chi connectivity index (χ0) is 11.7. The zero-order valence-electron chi connectivity index (χ0n) is 10.4. The summed E-state index contributed by atoms with van der Waals surface area (Å²) in [5.74, 6) is 0.607. The number of aliphatic hydroxyl groups excluding tert-OH is 1. The van der Waals surface area contributed by atoms with Gasteiger partial charge in [0.1, 0.15) is 0 Å². The van der Waals surface area contributed by atoms with Crippen LogP contribution < -0.4 is 4.90 Å². The summed E-state index contributed by atoms with van der Waals surface area (Å²) < 4.78 is 0. The lowest BCUT2D eigenvalue weighted by Crippen LogP contribution is -2.28. The van der Waals surface area contributed by atoms with E-state index in [4.69, 9.17) is 5.11 Å². The van der Waals surface area contributed by atoms with Crippen LogP contribution in [0.1, 0.15) is 37.8 Å². The molecule has 0 spiro atoms. The van der Waals surface area contributed by atoms with Crippen molar-refractivity contribution in [2.24, 2.45) is 0 Å². The average molecular weight is 219 g/mol. The van der Waals surface area contributed by atoms with Gasteiger partial charge in [-0.15, -0.1) is 0 Å². The van der Waals surface area contributed by atoms with E-state index in [1.165, 1.54) is 16.8 Å². The van der Waals surface area contributed by atoms with Crippen molar-refractivity contribution in [2.75, 3.05) is 18.1 Å². The van der Waals surface area contributed by atoms with Gasteiger partial charge in [0.05, 0.1) is 0 Å². The van der Waals surface area contributed by atoms with Gasteiger partial charge in [-0.2, -0.15) is 0 Å². The number of benzene rings is 1. The van der Waals surface area contributed by atoms with Gasteiger partial charge in [0, 0.05) is 30.8 Å². The standard InChI is InChI=1S/C14H21NO/c1-10(2)15-9-11(3)13-8-12(6-7-16)4-5-14(13)15/h4-5,8,10-11,16H,6-7,9H2,1-3H3. The number of aliphatic hydroxyl groups is 1. The van der Waals surface area contributed by atoms with Crippen LogP contribution in [0.15, 0.2) is 18.2 Å². The predicted molar refractivity (Wildman–Crippen MR) is 68.1 cm³/mol. The first kappa shape index (κ1) is 11.5. The van der Waals surface area contributed by atoms with E-state index in [0.29, 0.717) is 12.0 Å². The second kappa shape index (κ2) is 4.46. The first-order valence-electron chi connectivity index (χ1n) is 6.13. The van der Waals surface area contributed by atoms with Crippen molar-refractivity contribution in [1.29, 1.82) is 0 Å². The molecule has 0 saturated heterocycles. The molecule has 16 heavy (non-hydrogen) atoms. The summed E-state index contributed by atoms with van der Waals surface area (Å²) in [7, 11) is 0. The first-order valence-corrected chi connectivity index (χ1v) is 6.13. The number of fused-ring (bicyclic) bond motifs is 1. The number of anilines is 1. The summed E-state index contributed by atoms with van der Waals surface area (Å²) in [6.45, 7) is 8.12. The minimum absolute atomic E-state index is 0.237. The summed E-state index contributed by atoms with van der Waals surface area (Å²) in [5.41, 5.74) is 4.07. The maximum Gasteiger partial charge on any atom is 0.0471 e. The highest BCUT2D eigenvalue weighted by Gasteiger charge is 2.26. The van der Waals surface area contributed by atoms with E-state index in [-0.39, 0.29) is 6.61 Å². The van der Waals surface area contributed by atoms with Crippen LogP contribution in [0.5, 0.6) is 0 Å². The summed E-state index contributed by atoms with van der Waals surface area (Å²) in [6.07, 6.45) is 0.766. The van der Waals surface area contributed by atoms with E-state index in [2.05, 4.69) is 43.9 Å². The highest BCUT2D eigenvalue weighted by atomic mass is 16.2. The zero-order valence-corrected chi connectivity index (χ0v) is 10.4. The highest BCUT2D eigenvalue weighted by molar-refractivity contribution is 5.61. The molecule has 1 aliphatic rings. The lowest BCUT2D eigenvalue weighted by molar-refractivity contribution is 0.299. The van der Waals surface area contributed by atoms with E-state index < -0.39 is 0 Å². The molecule has 2 heteroatoms. The van der Waals surface area contributed by atoms with Gasteiger partial charge < -0.3 is 10.0 Å². The molecule has 0 aromatic heterocycles. The van der Waals surface area contributed by atoms with Crippen molar-refractivity contribution >= 4 is 5.69 Å². The Labute approximate surface area is 97.9 Å². The Morgan fingerprint density at radius 2 is 2.19 bits per heavy atom. The van der Waals surface area contributed by atoms with Crippen LogP contribution in [0, 0.1) is 0 Å². The third-order valence-corrected chi connectivity index (χ3v) is 3.43. The van der Waals surface area contributed by atoms with Crippen molar-refractivity contribution in [1.82, 2.24) is 0 Å². The van der Waals surface area contributed by atoms with Crippen LogP contribution in [-0.2, 0) is 6.42 Å². The minimum Gasteiger partial charge on any atom is -0.396 e. The number of hydrogen-bond donors (Lipinski definition) is 1. The fourth-order valence-corrected chi connectivity index (χ4v) is 2.53. The molecule has 1 aromatic carbocycles. The van der Waals surface area contributed by atoms with Crippen LogP contribution in [0.25, 0.3) is 0 Å². The first-order chi connectivity index (χ1) is 7.63. The normalized spacial score (nSPS) is 19.3. The third kappa shape index (κ3) is 1.94. The maximum atomic E-state index is 8.96. The van der Waals surface area contributed by atoms with Gasteiger partial charge in [-0.1, -0.05) is 19.1 Å². The van der Waals surface area contributed by atoms with Crippen LogP contribution in [0.2, 0.25) is 0 Å². The Bertz CT molecular complexity index is 373. The number of nitrogens with zero attached hydrogens (tertiary/aromatic N) is 1. The molecule has 0 bridgehead atoms. The molecule has 0 aliphatic carbocycles. The second-order valence-corrected chi connectivity index (χ2v) is 5.01. The largest absolute Gasteiger partial charge is 0.396 e. The van der Waals surface area contributed by atoms with Gasteiger partial charge in [-0.05, 0) is 37.5 Å². The van der Waals surface area contributed by atoms with E-state index >= 15 is 0 Å². The molecular weight excluding hydrogens is 198 g/mol. The predicted octanol–water partition coefficient (Wildman–Crippen LogP) is 2.55. The van der Waals surface area contributed by atoms with Gasteiger partial charge in [-0.25, -0.2) is 0 Å². The van der Waals surface area contributed by atoms with Crippen LogP contribution >= 0.6 is 0 Å². The Morgan fingerprint density at radius 1 is 1.44 bits per heavy atom. The molecule has 2 rings (SSSR count). The fraction of sp³-hybridized carbons (Fsp3) is 0.571. The van der Waals surface area contributed by atoms with Crippen LogP contribution in [0.3, 0.4) is 0 Å². The fourth-order valence-electron chi connectivity index (χ4n) is 2.53. The third-order valence-electron chi connectivity index (χ3n) is 3.43. The smallest absolute Gasteiger partial charge is 0.0471 e. The molecule has 0 saturated carbocycles. The molecule has 1 N–H and O–H groups in total. The topological polar surface area (TPSA) is 23.5 Å². The molecule has 0 radical (unpaired) electrons. The van der Waals surface area contributed by atoms with Crippen molar-refractivity contribution < 1.29 is 5.11 Å². The monoisotopic (exact) mass is 219 g/mol. The second-order valence-electron chi connectivity index (χ2n) is 5.01. The molecule has 88 valence electrons. The van der Waals surface area contributed by atoms with Gasteiger partial charge in [0.25, 0.3) is 0 Å². The van der Waals surface area contributed by atoms with Crippen molar-refractivity contribution in [2.45, 2.75) is 39.2 Å². The highest BCUT2D eigenvalue weighted by Crippen LogP contribution is 2.37. The van der Waals surface area contributed by atoms with Gasteiger partial charge in [0.15, 0.2) is 0 Å². The minimum atomic E-state index is 0.237. The molecule has 0 fully saturated rings. The van der Waals surface area contributed by atoms with E-state index in [1.807, 2.05) is 0 Å². The average Bonchev–Trinajstić information content (AvgIpc) is 2.57. The Balaban J connectivity index is 2.33. The lowest BCUT2D eigenvalue weighted by atomic mass is 10.00. The van der Waals surface area contributed by atoms with Crippen molar-refractivity contribution in [3.8, 4) is 0 Å². The Kier molecular flexibility index (Phi) is 3.20. The lowest BCUT2D eigenvalue weighted by Gasteiger charge is -2.24. The molecular formula is C14H21NO. The van der Waals surface area contributed by atoms with Crippen LogP contribution in [0.4, 0.5) is 5.69 Å². The molecule has 1 aromatic rings. The van der Waals surface area contributed by atoms with Crippen LogP contribution in [-0.4, -0.2) is 24.3 Å². The number of rotatable bonds is 3. The summed E-state index contributed by atoms with van der Waals surface area (Å²) in [5, 5.41) is 8.96.